The molecular formula is C35H48F4N4O2. The second kappa shape index (κ2) is 24.2. The van der Waals surface area contributed by atoms with Gasteiger partial charge in [-0.05, 0) is 66.1 Å². The number of carbonyl (C=O) groups excluding carboxylic acids is 2. The number of nitrogens with two attached hydrogens (primary N) is 1. The van der Waals surface area contributed by atoms with Crippen LogP contribution in [0.25, 0.3) is 0 Å². The van der Waals surface area contributed by atoms with Crippen LogP contribution in [-0.4, -0.2) is 32.0 Å². The zero-order valence-corrected chi connectivity index (χ0v) is 26.5. The van der Waals surface area contributed by atoms with Crippen LogP contribution < -0.4 is 21.7 Å². The monoisotopic (exact) mass is 632 g/mol. The van der Waals surface area contributed by atoms with Crippen molar-refractivity contribution >= 4 is 17.9 Å². The van der Waals surface area contributed by atoms with Gasteiger partial charge in [0.05, 0.1) is 12.6 Å². The molecule has 6 nitrogen and oxygen atoms in total. The van der Waals surface area contributed by atoms with Gasteiger partial charge in [-0.1, -0.05) is 89.1 Å². The Morgan fingerprint density at radius 3 is 2.27 bits per heavy atom. The quantitative estimate of drug-likeness (QED) is 0.0735. The highest BCUT2D eigenvalue weighted by Crippen LogP contribution is 2.35. The van der Waals surface area contributed by atoms with Crippen molar-refractivity contribution in [3.8, 4) is 0 Å². The molecule has 1 fully saturated rings. The fraction of sp³-hybridized carbons (Fsp3) is 0.371. The van der Waals surface area contributed by atoms with E-state index >= 15 is 0 Å². The largest absolute Gasteiger partial charge is 0.415 e. The summed E-state index contributed by atoms with van der Waals surface area (Å²) >= 11 is 0. The lowest BCUT2D eigenvalue weighted by Gasteiger charge is -2.18. The van der Waals surface area contributed by atoms with E-state index in [-0.39, 0.29) is 24.3 Å². The smallest absolute Gasteiger partial charge is 0.384 e. The molecule has 248 valence electrons. The van der Waals surface area contributed by atoms with E-state index in [0.717, 1.165) is 35.4 Å². The van der Waals surface area contributed by atoms with E-state index in [9.17, 15) is 27.2 Å². The number of anilines is 1. The standard InChI is InChI=1S/C18H22FNO.C10H15N3O.C5H5F3.C2H6/c19-17-11-9-16(10-12-17)18(6-4-5-15-7-8-15)20-13-2-1-3-14-21;1-12-10(14)7-13-9-4-2-3-8(5-9)6-11;1-3-4(2)5(6,7)8;1-2/h1-3,9-15,18,20H,4-8H2;2-5,13H,6-7,11H2,1H3,(H,12,14);3H,1-2H2;1-2H3/b3-1-,13-2-;;;. The molecule has 0 aliphatic heterocycles. The first kappa shape index (κ1) is 40.8. The highest BCUT2D eigenvalue weighted by atomic mass is 19.4. The molecule has 1 unspecified atom stereocenters. The Morgan fingerprint density at radius 2 is 1.76 bits per heavy atom. The van der Waals surface area contributed by atoms with Crippen molar-refractivity contribution < 1.29 is 27.2 Å². The topological polar surface area (TPSA) is 96.2 Å². The number of rotatable bonds is 14. The van der Waals surface area contributed by atoms with Crippen molar-refractivity contribution in [2.45, 2.75) is 64.7 Å². The molecule has 2 aromatic rings. The van der Waals surface area contributed by atoms with E-state index in [1.165, 1.54) is 43.9 Å². The van der Waals surface area contributed by atoms with E-state index in [0.29, 0.717) is 12.6 Å². The summed E-state index contributed by atoms with van der Waals surface area (Å²) in [7, 11) is 1.61. The molecule has 5 N–H and O–H groups in total. The van der Waals surface area contributed by atoms with Gasteiger partial charge in [-0.2, -0.15) is 13.2 Å². The number of nitrogens with one attached hydrogen (secondary N) is 3. The number of hydrogen-bond acceptors (Lipinski definition) is 5. The average Bonchev–Trinajstić information content (AvgIpc) is 3.88. The maximum atomic E-state index is 13.0. The lowest BCUT2D eigenvalue weighted by Crippen LogP contribution is -2.26. The predicted molar refractivity (Wildman–Crippen MR) is 177 cm³/mol. The SMILES string of the molecule is C=CC(=C)C(F)(F)F.CC.CNC(=O)CNc1cccc(CN)c1.O=C/C=C\C=C/NC(CCCC1CC1)c1ccc(F)cc1. The maximum Gasteiger partial charge on any atom is 0.415 e. The molecule has 1 aliphatic carbocycles. The Labute approximate surface area is 265 Å². The van der Waals surface area contributed by atoms with Crippen LogP contribution in [0.4, 0.5) is 23.2 Å². The summed E-state index contributed by atoms with van der Waals surface area (Å²) < 4.78 is 46.9. The first-order valence-electron chi connectivity index (χ1n) is 14.9. The fourth-order valence-corrected chi connectivity index (χ4v) is 3.59. The molecule has 0 radical (unpaired) electrons. The molecule has 0 heterocycles. The third-order valence-electron chi connectivity index (χ3n) is 6.27. The molecule has 45 heavy (non-hydrogen) atoms. The van der Waals surface area contributed by atoms with Crippen molar-refractivity contribution in [2.24, 2.45) is 11.7 Å². The van der Waals surface area contributed by atoms with Gasteiger partial charge in [-0.25, -0.2) is 4.39 Å². The van der Waals surface area contributed by atoms with E-state index in [1.807, 2.05) is 56.4 Å². The molecule has 3 rings (SSSR count). The molecule has 0 bridgehead atoms. The first-order chi connectivity index (χ1) is 21.5. The van der Waals surface area contributed by atoms with E-state index in [1.54, 1.807) is 19.2 Å². The molecule has 10 heteroatoms. The third-order valence-corrected chi connectivity index (χ3v) is 6.27. The molecular weight excluding hydrogens is 584 g/mol. The van der Waals surface area contributed by atoms with Crippen LogP contribution in [0.15, 0.2) is 97.8 Å². The second-order valence-electron chi connectivity index (χ2n) is 9.68. The van der Waals surface area contributed by atoms with Gasteiger partial charge in [0, 0.05) is 24.9 Å². The minimum absolute atomic E-state index is 0.0387. The predicted octanol–water partition coefficient (Wildman–Crippen LogP) is 7.93. The number of aldehydes is 1. The van der Waals surface area contributed by atoms with Crippen LogP contribution in [0.5, 0.6) is 0 Å². The Morgan fingerprint density at radius 1 is 1.09 bits per heavy atom. The van der Waals surface area contributed by atoms with Crippen molar-refractivity contribution in [2.75, 3.05) is 18.9 Å². The van der Waals surface area contributed by atoms with Crippen molar-refractivity contribution in [3.63, 3.8) is 0 Å². The summed E-state index contributed by atoms with van der Waals surface area (Å²) in [5.74, 6) is 0.688. The lowest BCUT2D eigenvalue weighted by atomic mass is 10.00. The van der Waals surface area contributed by atoms with Crippen LogP contribution in [0.1, 0.15) is 63.1 Å². The number of amides is 1. The molecule has 1 atom stereocenters. The Kier molecular flexibility index (Phi) is 21.9. The van der Waals surface area contributed by atoms with Crippen LogP contribution >= 0.6 is 0 Å². The number of benzene rings is 2. The zero-order chi connectivity index (χ0) is 34.1. The average molecular weight is 633 g/mol. The summed E-state index contributed by atoms with van der Waals surface area (Å²) in [5, 5.41) is 8.88. The highest BCUT2D eigenvalue weighted by molar-refractivity contribution is 5.80. The lowest BCUT2D eigenvalue weighted by molar-refractivity contribution is -0.118. The van der Waals surface area contributed by atoms with Gasteiger partial charge in [0.1, 0.15) is 12.1 Å². The van der Waals surface area contributed by atoms with Crippen molar-refractivity contribution in [1.82, 2.24) is 10.6 Å². The summed E-state index contributed by atoms with van der Waals surface area (Å²) in [4.78, 5) is 21.1. The van der Waals surface area contributed by atoms with E-state index < -0.39 is 11.7 Å². The molecule has 2 aromatic carbocycles. The molecule has 0 saturated heterocycles. The molecule has 0 spiro atoms. The summed E-state index contributed by atoms with van der Waals surface area (Å²) in [6.07, 6.45) is 10.1. The number of likely N-dealkylation sites (N-methyl/N-ethyl adjacent to an activating group) is 1. The van der Waals surface area contributed by atoms with Crippen molar-refractivity contribution in [3.05, 3.63) is 115 Å². The Balaban J connectivity index is 0.000000696. The second-order valence-corrected chi connectivity index (χ2v) is 9.68. The molecule has 1 amide bonds. The van der Waals surface area contributed by atoms with Gasteiger partial charge in [-0.15, -0.1) is 0 Å². The van der Waals surface area contributed by atoms with Crippen LogP contribution in [-0.2, 0) is 16.1 Å². The first-order valence-corrected chi connectivity index (χ1v) is 14.9. The Bertz CT molecular complexity index is 1190. The number of hydrogen-bond donors (Lipinski definition) is 4. The highest BCUT2D eigenvalue weighted by Gasteiger charge is 2.29. The van der Waals surface area contributed by atoms with Crippen LogP contribution in [0, 0.1) is 11.7 Å². The summed E-state index contributed by atoms with van der Waals surface area (Å²) in [6.45, 7) is 10.4. The molecule has 1 aliphatic rings. The molecule has 0 aromatic heterocycles. The van der Waals surface area contributed by atoms with Crippen molar-refractivity contribution in [1.29, 1.82) is 0 Å². The minimum atomic E-state index is -4.30. The van der Waals surface area contributed by atoms with Gasteiger partial charge in [0.25, 0.3) is 0 Å². The van der Waals surface area contributed by atoms with E-state index in [4.69, 9.17) is 5.73 Å². The van der Waals surface area contributed by atoms with Gasteiger partial charge in [-0.3, -0.25) is 9.59 Å². The van der Waals surface area contributed by atoms with Gasteiger partial charge in [0.2, 0.25) is 5.91 Å². The molecule has 1 saturated carbocycles. The maximum absolute atomic E-state index is 13.0. The summed E-state index contributed by atoms with van der Waals surface area (Å²) in [6, 6.07) is 14.6. The summed E-state index contributed by atoms with van der Waals surface area (Å²) in [5.41, 5.74) is 7.64. The van der Waals surface area contributed by atoms with Gasteiger partial charge < -0.3 is 21.7 Å². The fourth-order valence-electron chi connectivity index (χ4n) is 3.59. The number of alkyl halides is 3. The third kappa shape index (κ3) is 20.4. The number of halogens is 4. The zero-order valence-electron chi connectivity index (χ0n) is 26.5. The van der Waals surface area contributed by atoms with Crippen LogP contribution in [0.3, 0.4) is 0 Å². The van der Waals surface area contributed by atoms with Crippen LogP contribution in [0.2, 0.25) is 0 Å². The Hall–Kier alpha value is -4.18. The normalized spacial score (nSPS) is 12.7. The van der Waals surface area contributed by atoms with E-state index in [2.05, 4.69) is 29.1 Å². The minimum Gasteiger partial charge on any atom is -0.384 e. The number of allylic oxidation sites excluding steroid dienone is 5. The van der Waals surface area contributed by atoms with Gasteiger partial charge in [0.15, 0.2) is 0 Å². The van der Waals surface area contributed by atoms with Gasteiger partial charge >= 0.3 is 6.18 Å². The number of carbonyl (C=O) groups is 2.